The van der Waals surface area contributed by atoms with Gasteiger partial charge in [0, 0.05) is 12.6 Å². The summed E-state index contributed by atoms with van der Waals surface area (Å²) in [6.07, 6.45) is 1.35. The van der Waals surface area contributed by atoms with Gasteiger partial charge in [-0.05, 0) is 44.2 Å². The van der Waals surface area contributed by atoms with Crippen molar-refractivity contribution in [2.45, 2.75) is 31.2 Å². The second-order valence-corrected chi connectivity index (χ2v) is 6.50. The summed E-state index contributed by atoms with van der Waals surface area (Å²) in [6.45, 7) is 5.29. The minimum Gasteiger partial charge on any atom is -0.237 e. The summed E-state index contributed by atoms with van der Waals surface area (Å²) >= 11 is 0. The van der Waals surface area contributed by atoms with Crippen molar-refractivity contribution in [3.8, 4) is 0 Å². The summed E-state index contributed by atoms with van der Waals surface area (Å²) in [7, 11) is -0.954. The number of aryl methyl sites for hydroxylation is 1. The molecule has 0 spiro atoms. The average Bonchev–Trinajstić information content (AvgIpc) is 2.98. The van der Waals surface area contributed by atoms with Gasteiger partial charge in [0.15, 0.2) is 0 Å². The van der Waals surface area contributed by atoms with Gasteiger partial charge < -0.3 is 0 Å². The maximum absolute atomic E-state index is 12.4. The Morgan fingerprint density at radius 1 is 1.31 bits per heavy atom. The third-order valence-corrected chi connectivity index (χ3v) is 5.48. The zero-order valence-electron chi connectivity index (χ0n) is 9.72. The molecule has 1 aromatic rings. The Morgan fingerprint density at radius 3 is 2.56 bits per heavy atom. The number of benzene rings is 1. The van der Waals surface area contributed by atoms with Crippen LogP contribution < -0.4 is 0 Å². The molecule has 3 heteroatoms. The molecule has 4 atom stereocenters. The van der Waals surface area contributed by atoms with Crippen LogP contribution in [0.15, 0.2) is 29.2 Å². The van der Waals surface area contributed by atoms with Crippen LogP contribution in [0.2, 0.25) is 0 Å². The molecule has 4 unspecified atom stereocenters. The maximum atomic E-state index is 12.4. The maximum Gasteiger partial charge on any atom is 0.127 e. The van der Waals surface area contributed by atoms with Crippen molar-refractivity contribution in [2.24, 2.45) is 11.8 Å². The molecule has 1 aromatic carbocycles. The molecule has 1 saturated heterocycles. The van der Waals surface area contributed by atoms with E-state index < -0.39 is 11.0 Å². The highest BCUT2D eigenvalue weighted by atomic mass is 32.2. The first-order chi connectivity index (χ1) is 7.66. The highest BCUT2D eigenvalue weighted by Crippen LogP contribution is 2.50. The van der Waals surface area contributed by atoms with Crippen molar-refractivity contribution in [3.63, 3.8) is 0 Å². The first-order valence-corrected chi connectivity index (χ1v) is 7.02. The molecule has 1 saturated carbocycles. The number of hydrogen-bond acceptors (Lipinski definition) is 1. The fraction of sp³-hybridized carbons (Fsp3) is 0.538. The molecule has 1 heterocycles. The molecule has 86 valence electrons. The van der Waals surface area contributed by atoms with Crippen molar-refractivity contribution >= 4 is 11.0 Å². The normalized spacial score (nSPS) is 34.8. The van der Waals surface area contributed by atoms with E-state index in [1.807, 2.05) is 24.3 Å². The zero-order chi connectivity index (χ0) is 11.3. The monoisotopic (exact) mass is 235 g/mol. The van der Waals surface area contributed by atoms with Crippen molar-refractivity contribution in [1.82, 2.24) is 4.31 Å². The van der Waals surface area contributed by atoms with Gasteiger partial charge in [0.25, 0.3) is 0 Å². The summed E-state index contributed by atoms with van der Waals surface area (Å²) in [6, 6.07) is 8.54. The molecule has 2 aliphatic rings. The summed E-state index contributed by atoms with van der Waals surface area (Å²) in [5.41, 5.74) is 1.22. The lowest BCUT2D eigenvalue weighted by Gasteiger charge is -2.22. The van der Waals surface area contributed by atoms with E-state index in [-0.39, 0.29) is 0 Å². The largest absolute Gasteiger partial charge is 0.237 e. The van der Waals surface area contributed by atoms with E-state index in [0.717, 1.165) is 23.3 Å². The fourth-order valence-corrected chi connectivity index (χ4v) is 4.12. The van der Waals surface area contributed by atoms with E-state index >= 15 is 0 Å². The third kappa shape index (κ3) is 1.62. The third-order valence-electron chi connectivity index (χ3n) is 3.90. The molecule has 0 aromatic heterocycles. The van der Waals surface area contributed by atoms with Crippen molar-refractivity contribution in [2.75, 3.05) is 6.54 Å². The van der Waals surface area contributed by atoms with E-state index in [2.05, 4.69) is 18.2 Å². The van der Waals surface area contributed by atoms with Gasteiger partial charge in [0.2, 0.25) is 0 Å². The number of nitrogens with zero attached hydrogens (tertiary/aromatic N) is 1. The highest BCUT2D eigenvalue weighted by Gasteiger charge is 2.52. The Balaban J connectivity index is 1.80. The first kappa shape index (κ1) is 10.5. The lowest BCUT2D eigenvalue weighted by atomic mass is 10.2. The second-order valence-electron chi connectivity index (χ2n) is 5.06. The lowest BCUT2D eigenvalue weighted by Crippen LogP contribution is -2.32. The minimum absolute atomic E-state index is 0.493. The minimum atomic E-state index is -0.954. The molecule has 16 heavy (non-hydrogen) atoms. The summed E-state index contributed by atoms with van der Waals surface area (Å²) < 4.78 is 14.5. The van der Waals surface area contributed by atoms with Crippen molar-refractivity contribution in [3.05, 3.63) is 29.8 Å². The summed E-state index contributed by atoms with van der Waals surface area (Å²) in [4.78, 5) is 0.943. The number of fused-ring (bicyclic) bond motifs is 1. The lowest BCUT2D eigenvalue weighted by molar-refractivity contribution is 0.388. The van der Waals surface area contributed by atoms with Crippen LogP contribution in [-0.4, -0.2) is 21.1 Å². The van der Waals surface area contributed by atoms with Crippen LogP contribution in [0.1, 0.15) is 18.9 Å². The molecule has 0 N–H and O–H groups in total. The van der Waals surface area contributed by atoms with Gasteiger partial charge in [0.1, 0.15) is 11.0 Å². The molecule has 0 amide bonds. The van der Waals surface area contributed by atoms with Crippen LogP contribution in [0.3, 0.4) is 0 Å². The van der Waals surface area contributed by atoms with E-state index in [4.69, 9.17) is 0 Å². The Labute approximate surface area is 99.2 Å². The molecule has 0 radical (unpaired) electrons. The zero-order valence-corrected chi connectivity index (χ0v) is 10.5. The summed E-state index contributed by atoms with van der Waals surface area (Å²) in [5, 5.41) is 0. The second kappa shape index (κ2) is 3.67. The predicted molar refractivity (Wildman–Crippen MR) is 65.4 cm³/mol. The SMILES string of the molecule is Cc1ccc(S(=O)N2CC3CC3C2C)cc1. The van der Waals surface area contributed by atoms with Crippen molar-refractivity contribution < 1.29 is 4.21 Å². The first-order valence-electron chi connectivity index (χ1n) is 5.92. The quantitative estimate of drug-likeness (QED) is 0.770. The Morgan fingerprint density at radius 2 is 2.00 bits per heavy atom. The summed E-state index contributed by atoms with van der Waals surface area (Å²) in [5.74, 6) is 1.64. The average molecular weight is 235 g/mol. The van der Waals surface area contributed by atoms with E-state index in [0.29, 0.717) is 6.04 Å². The molecule has 1 aliphatic heterocycles. The number of piperidine rings is 1. The van der Waals surface area contributed by atoms with Crippen molar-refractivity contribution in [1.29, 1.82) is 0 Å². The molecule has 3 rings (SSSR count). The molecular formula is C13H17NOS. The Hall–Kier alpha value is -0.670. The molecule has 1 aliphatic carbocycles. The molecule has 0 bridgehead atoms. The van der Waals surface area contributed by atoms with Crippen LogP contribution in [0.5, 0.6) is 0 Å². The van der Waals surface area contributed by atoms with Gasteiger partial charge in [0.05, 0.1) is 4.90 Å². The van der Waals surface area contributed by atoms with Crippen LogP contribution in [-0.2, 0) is 11.0 Å². The predicted octanol–water partition coefficient (Wildman–Crippen LogP) is 2.36. The molecular weight excluding hydrogens is 218 g/mol. The number of rotatable bonds is 2. The van der Waals surface area contributed by atoms with Gasteiger partial charge in [-0.2, -0.15) is 0 Å². The van der Waals surface area contributed by atoms with Gasteiger partial charge in [-0.3, -0.25) is 0 Å². The van der Waals surface area contributed by atoms with Gasteiger partial charge in [-0.15, -0.1) is 0 Å². The van der Waals surface area contributed by atoms with Crippen LogP contribution >= 0.6 is 0 Å². The standard InChI is InChI=1S/C13H17NOS/c1-9-3-5-12(6-4-9)16(15)14-8-11-7-13(11)10(14)2/h3-6,10-11,13H,7-8H2,1-2H3. The van der Waals surface area contributed by atoms with E-state index in [1.165, 1.54) is 12.0 Å². The molecule has 2 fully saturated rings. The molecule has 2 nitrogen and oxygen atoms in total. The van der Waals surface area contributed by atoms with Gasteiger partial charge in [-0.1, -0.05) is 17.7 Å². The van der Waals surface area contributed by atoms with E-state index in [1.54, 1.807) is 0 Å². The number of hydrogen-bond donors (Lipinski definition) is 0. The van der Waals surface area contributed by atoms with Gasteiger partial charge >= 0.3 is 0 Å². The smallest absolute Gasteiger partial charge is 0.127 e. The van der Waals surface area contributed by atoms with Gasteiger partial charge in [-0.25, -0.2) is 8.51 Å². The van der Waals surface area contributed by atoms with Crippen LogP contribution in [0.4, 0.5) is 0 Å². The van der Waals surface area contributed by atoms with Crippen LogP contribution in [0.25, 0.3) is 0 Å². The Bertz CT molecular complexity index is 428. The van der Waals surface area contributed by atoms with Crippen LogP contribution in [0, 0.1) is 18.8 Å². The highest BCUT2D eigenvalue weighted by molar-refractivity contribution is 7.82. The Kier molecular flexibility index (Phi) is 2.41. The van der Waals surface area contributed by atoms with E-state index in [9.17, 15) is 4.21 Å². The topological polar surface area (TPSA) is 20.3 Å². The fourth-order valence-electron chi connectivity index (χ4n) is 2.69.